The second kappa shape index (κ2) is 5.82. The molecule has 1 amide bonds. The molecule has 1 aliphatic rings. The Morgan fingerprint density at radius 3 is 2.83 bits per heavy atom. The zero-order chi connectivity index (χ0) is 13.0. The van der Waals surface area contributed by atoms with E-state index in [-0.39, 0.29) is 18.1 Å². The lowest BCUT2D eigenvalue weighted by Gasteiger charge is -2.27. The van der Waals surface area contributed by atoms with E-state index in [1.54, 1.807) is 12.1 Å². The molecule has 5 heteroatoms. The molecule has 1 saturated heterocycles. The van der Waals surface area contributed by atoms with Crippen LogP contribution >= 0.6 is 0 Å². The number of carbonyl (C=O) groups excluding carboxylic acids is 1. The number of halogens is 1. The molecule has 0 aromatic heterocycles. The van der Waals surface area contributed by atoms with Crippen LogP contribution in [0.4, 0.5) is 4.39 Å². The van der Waals surface area contributed by atoms with E-state index in [1.165, 1.54) is 13.2 Å². The summed E-state index contributed by atoms with van der Waals surface area (Å²) in [6, 6.07) is 4.53. The van der Waals surface area contributed by atoms with Crippen molar-refractivity contribution in [1.29, 1.82) is 0 Å². The van der Waals surface area contributed by atoms with E-state index in [0.717, 1.165) is 31.7 Å². The lowest BCUT2D eigenvalue weighted by atomic mass is 10.1. The number of methoxy groups -OCH3 is 1. The Morgan fingerprint density at radius 1 is 1.44 bits per heavy atom. The average Bonchev–Trinajstić information content (AvgIpc) is 2.42. The van der Waals surface area contributed by atoms with Gasteiger partial charge in [-0.2, -0.15) is 0 Å². The highest BCUT2D eigenvalue weighted by Gasteiger charge is 2.16. The zero-order valence-corrected chi connectivity index (χ0v) is 10.4. The summed E-state index contributed by atoms with van der Waals surface area (Å²) in [7, 11) is 1.42. The van der Waals surface area contributed by atoms with Gasteiger partial charge in [-0.1, -0.05) is 6.07 Å². The van der Waals surface area contributed by atoms with E-state index in [1.807, 2.05) is 4.90 Å². The van der Waals surface area contributed by atoms with Gasteiger partial charge in [0, 0.05) is 26.2 Å². The third-order valence-corrected chi connectivity index (χ3v) is 3.04. The minimum absolute atomic E-state index is 0.0742. The van der Waals surface area contributed by atoms with Crippen LogP contribution in [0.25, 0.3) is 0 Å². The first-order valence-electron chi connectivity index (χ1n) is 6.01. The van der Waals surface area contributed by atoms with Crippen LogP contribution in [0, 0.1) is 5.82 Å². The van der Waals surface area contributed by atoms with Crippen LogP contribution in [0.5, 0.6) is 5.75 Å². The number of nitrogens with zero attached hydrogens (tertiary/aromatic N) is 1. The van der Waals surface area contributed by atoms with Crippen molar-refractivity contribution in [2.75, 3.05) is 33.3 Å². The van der Waals surface area contributed by atoms with Crippen molar-refractivity contribution in [2.45, 2.75) is 6.42 Å². The number of piperazine rings is 1. The Morgan fingerprint density at radius 2 is 2.17 bits per heavy atom. The molecule has 1 heterocycles. The lowest BCUT2D eigenvalue weighted by molar-refractivity contribution is -0.131. The van der Waals surface area contributed by atoms with Crippen molar-refractivity contribution in [2.24, 2.45) is 0 Å². The quantitative estimate of drug-likeness (QED) is 0.865. The number of hydrogen-bond acceptors (Lipinski definition) is 3. The Labute approximate surface area is 106 Å². The fraction of sp³-hybridized carbons (Fsp3) is 0.462. The van der Waals surface area contributed by atoms with Crippen molar-refractivity contribution in [3.63, 3.8) is 0 Å². The summed E-state index contributed by atoms with van der Waals surface area (Å²) in [5.74, 6) is -0.151. The Balaban J connectivity index is 2.02. The molecule has 2 rings (SSSR count). The number of nitrogens with one attached hydrogen (secondary N) is 1. The zero-order valence-electron chi connectivity index (χ0n) is 10.4. The van der Waals surface area contributed by atoms with Crippen LogP contribution in [0.1, 0.15) is 5.56 Å². The maximum atomic E-state index is 13.2. The Bertz CT molecular complexity index is 431. The molecule has 98 valence electrons. The second-order valence-corrected chi connectivity index (χ2v) is 4.28. The van der Waals surface area contributed by atoms with Gasteiger partial charge in [-0.05, 0) is 17.7 Å². The molecule has 0 radical (unpaired) electrons. The Kier molecular flexibility index (Phi) is 4.15. The normalized spacial score (nSPS) is 15.6. The fourth-order valence-electron chi connectivity index (χ4n) is 2.01. The largest absolute Gasteiger partial charge is 0.494 e. The number of hydrogen-bond donors (Lipinski definition) is 1. The highest BCUT2D eigenvalue weighted by molar-refractivity contribution is 5.79. The van der Waals surface area contributed by atoms with Crippen LogP contribution in [0.2, 0.25) is 0 Å². The molecule has 1 aromatic carbocycles. The first kappa shape index (κ1) is 12.8. The van der Waals surface area contributed by atoms with Crippen LogP contribution < -0.4 is 10.1 Å². The highest BCUT2D eigenvalue weighted by Crippen LogP contribution is 2.18. The van der Waals surface area contributed by atoms with Gasteiger partial charge in [0.05, 0.1) is 13.5 Å². The van der Waals surface area contributed by atoms with Crippen LogP contribution in [-0.2, 0) is 11.2 Å². The summed E-state index contributed by atoms with van der Waals surface area (Å²) < 4.78 is 18.1. The van der Waals surface area contributed by atoms with Gasteiger partial charge in [0.1, 0.15) is 0 Å². The maximum Gasteiger partial charge on any atom is 0.227 e. The molecule has 1 aromatic rings. The van der Waals surface area contributed by atoms with E-state index in [0.29, 0.717) is 0 Å². The van der Waals surface area contributed by atoms with E-state index in [2.05, 4.69) is 5.32 Å². The summed E-state index contributed by atoms with van der Waals surface area (Å²) in [6.07, 6.45) is 0.288. The summed E-state index contributed by atoms with van der Waals surface area (Å²) in [5, 5.41) is 3.20. The molecule has 1 aliphatic heterocycles. The standard InChI is InChI=1S/C13H17FN2O2/c1-18-12-8-10(2-3-11(12)14)9-13(17)16-6-4-15-5-7-16/h2-3,8,15H,4-7,9H2,1H3. The molecule has 18 heavy (non-hydrogen) atoms. The van der Waals surface area contributed by atoms with Crippen molar-refractivity contribution in [1.82, 2.24) is 10.2 Å². The molecule has 4 nitrogen and oxygen atoms in total. The van der Waals surface area contributed by atoms with Gasteiger partial charge in [-0.15, -0.1) is 0 Å². The fourth-order valence-corrected chi connectivity index (χ4v) is 2.01. The average molecular weight is 252 g/mol. The monoisotopic (exact) mass is 252 g/mol. The third kappa shape index (κ3) is 2.98. The summed E-state index contributed by atoms with van der Waals surface area (Å²) in [6.45, 7) is 3.13. The molecular formula is C13H17FN2O2. The molecule has 1 N–H and O–H groups in total. The number of ether oxygens (including phenoxy) is 1. The number of benzene rings is 1. The van der Waals surface area contributed by atoms with Crippen LogP contribution in [-0.4, -0.2) is 44.1 Å². The molecule has 0 unspecified atom stereocenters. The lowest BCUT2D eigenvalue weighted by Crippen LogP contribution is -2.46. The van der Waals surface area contributed by atoms with E-state index in [4.69, 9.17) is 4.74 Å². The predicted molar refractivity (Wildman–Crippen MR) is 66.1 cm³/mol. The molecule has 0 aliphatic carbocycles. The smallest absolute Gasteiger partial charge is 0.227 e. The molecule has 0 atom stereocenters. The molecule has 0 bridgehead atoms. The Hall–Kier alpha value is -1.62. The van der Waals surface area contributed by atoms with Gasteiger partial charge in [0.15, 0.2) is 11.6 Å². The molecule has 1 fully saturated rings. The predicted octanol–water partition coefficient (Wildman–Crippen LogP) is 0.809. The van der Waals surface area contributed by atoms with Gasteiger partial charge in [-0.3, -0.25) is 4.79 Å². The van der Waals surface area contributed by atoms with Gasteiger partial charge in [0.2, 0.25) is 5.91 Å². The second-order valence-electron chi connectivity index (χ2n) is 4.28. The summed E-state index contributed by atoms with van der Waals surface area (Å²) >= 11 is 0. The first-order valence-corrected chi connectivity index (χ1v) is 6.01. The topological polar surface area (TPSA) is 41.6 Å². The van der Waals surface area contributed by atoms with Crippen molar-refractivity contribution >= 4 is 5.91 Å². The maximum absolute atomic E-state index is 13.2. The highest BCUT2D eigenvalue weighted by atomic mass is 19.1. The number of carbonyl (C=O) groups is 1. The first-order chi connectivity index (χ1) is 8.70. The van der Waals surface area contributed by atoms with E-state index in [9.17, 15) is 9.18 Å². The van der Waals surface area contributed by atoms with Gasteiger partial charge < -0.3 is 15.0 Å². The van der Waals surface area contributed by atoms with Crippen molar-refractivity contribution in [3.05, 3.63) is 29.6 Å². The minimum Gasteiger partial charge on any atom is -0.494 e. The van der Waals surface area contributed by atoms with Gasteiger partial charge >= 0.3 is 0 Å². The molecular weight excluding hydrogens is 235 g/mol. The number of rotatable bonds is 3. The van der Waals surface area contributed by atoms with Gasteiger partial charge in [0.25, 0.3) is 0 Å². The van der Waals surface area contributed by atoms with E-state index >= 15 is 0 Å². The third-order valence-electron chi connectivity index (χ3n) is 3.04. The molecule has 0 saturated carbocycles. The van der Waals surface area contributed by atoms with Crippen molar-refractivity contribution in [3.8, 4) is 5.75 Å². The number of amides is 1. The minimum atomic E-state index is -0.407. The van der Waals surface area contributed by atoms with E-state index < -0.39 is 5.82 Å². The van der Waals surface area contributed by atoms with Crippen LogP contribution in [0.3, 0.4) is 0 Å². The summed E-state index contributed by atoms with van der Waals surface area (Å²) in [4.78, 5) is 13.8. The SMILES string of the molecule is COc1cc(CC(=O)N2CCNCC2)ccc1F. The molecule has 0 spiro atoms. The summed E-state index contributed by atoms with van der Waals surface area (Å²) in [5.41, 5.74) is 0.775. The van der Waals surface area contributed by atoms with Crippen LogP contribution in [0.15, 0.2) is 18.2 Å². The van der Waals surface area contributed by atoms with Crippen molar-refractivity contribution < 1.29 is 13.9 Å². The van der Waals surface area contributed by atoms with Gasteiger partial charge in [-0.25, -0.2) is 4.39 Å².